The van der Waals surface area contributed by atoms with Gasteiger partial charge in [-0.2, -0.15) is 0 Å². The number of hydrogen-bond acceptors (Lipinski definition) is 1. The SMILES string of the molecule is c1ccc2c(-c3c4c(cc5c3ccc3ccccc35)COC4)cccc2c1. The highest BCUT2D eigenvalue weighted by Gasteiger charge is 2.21. The van der Waals surface area contributed by atoms with Gasteiger partial charge >= 0.3 is 0 Å². The first-order valence-corrected chi connectivity index (χ1v) is 9.42. The molecule has 0 unspecified atom stereocenters. The summed E-state index contributed by atoms with van der Waals surface area (Å²) in [4.78, 5) is 0. The lowest BCUT2D eigenvalue weighted by Crippen LogP contribution is -1.93. The van der Waals surface area contributed by atoms with Crippen LogP contribution in [0.2, 0.25) is 0 Å². The van der Waals surface area contributed by atoms with E-state index in [0.717, 1.165) is 0 Å². The number of rotatable bonds is 1. The molecular weight excluding hydrogens is 328 g/mol. The summed E-state index contributed by atoms with van der Waals surface area (Å²) >= 11 is 0. The monoisotopic (exact) mass is 346 g/mol. The molecule has 0 spiro atoms. The molecule has 27 heavy (non-hydrogen) atoms. The molecule has 1 heterocycles. The van der Waals surface area contributed by atoms with Gasteiger partial charge in [0.15, 0.2) is 0 Å². The molecule has 5 aromatic rings. The molecule has 0 amide bonds. The first-order chi connectivity index (χ1) is 13.4. The molecule has 0 N–H and O–H groups in total. The minimum atomic E-state index is 0.691. The third-order valence-electron chi connectivity index (χ3n) is 5.81. The maximum atomic E-state index is 5.87. The van der Waals surface area contributed by atoms with Gasteiger partial charge in [0, 0.05) is 0 Å². The van der Waals surface area contributed by atoms with E-state index in [2.05, 4.69) is 84.9 Å². The maximum Gasteiger partial charge on any atom is 0.0731 e. The van der Waals surface area contributed by atoms with Gasteiger partial charge in [0.05, 0.1) is 13.2 Å². The molecule has 0 bridgehead atoms. The molecule has 0 aromatic heterocycles. The predicted molar refractivity (Wildman–Crippen MR) is 113 cm³/mol. The highest BCUT2D eigenvalue weighted by Crippen LogP contribution is 2.42. The Kier molecular flexibility index (Phi) is 3.14. The largest absolute Gasteiger partial charge is 0.372 e. The van der Waals surface area contributed by atoms with Crippen molar-refractivity contribution in [3.63, 3.8) is 0 Å². The first-order valence-electron chi connectivity index (χ1n) is 9.42. The summed E-state index contributed by atoms with van der Waals surface area (Å²) in [5.74, 6) is 0. The molecule has 6 rings (SSSR count). The van der Waals surface area contributed by atoms with E-state index in [1.54, 1.807) is 0 Å². The smallest absolute Gasteiger partial charge is 0.0731 e. The van der Waals surface area contributed by atoms with E-state index >= 15 is 0 Å². The van der Waals surface area contributed by atoms with Gasteiger partial charge in [0.1, 0.15) is 0 Å². The van der Waals surface area contributed by atoms with Crippen LogP contribution in [-0.2, 0) is 18.0 Å². The predicted octanol–water partition coefficient (Wildman–Crippen LogP) is 6.84. The fourth-order valence-corrected chi connectivity index (χ4v) is 4.56. The van der Waals surface area contributed by atoms with Crippen molar-refractivity contribution in [3.05, 3.63) is 96.1 Å². The molecule has 0 aliphatic carbocycles. The van der Waals surface area contributed by atoms with Crippen LogP contribution in [0.5, 0.6) is 0 Å². The van der Waals surface area contributed by atoms with Crippen molar-refractivity contribution in [2.45, 2.75) is 13.2 Å². The quantitative estimate of drug-likeness (QED) is 0.302. The summed E-state index contributed by atoms with van der Waals surface area (Å²) in [6, 6.07) is 30.8. The summed E-state index contributed by atoms with van der Waals surface area (Å²) in [6.07, 6.45) is 0. The Morgan fingerprint density at radius 3 is 2.19 bits per heavy atom. The highest BCUT2D eigenvalue weighted by molar-refractivity contribution is 6.15. The minimum Gasteiger partial charge on any atom is -0.372 e. The van der Waals surface area contributed by atoms with Crippen molar-refractivity contribution < 1.29 is 4.74 Å². The molecule has 0 radical (unpaired) electrons. The molecule has 1 nitrogen and oxygen atoms in total. The molecule has 128 valence electrons. The van der Waals surface area contributed by atoms with Crippen molar-refractivity contribution in [3.8, 4) is 11.1 Å². The molecule has 1 aliphatic heterocycles. The average Bonchev–Trinajstić information content (AvgIpc) is 3.20. The number of fused-ring (bicyclic) bond motifs is 5. The van der Waals surface area contributed by atoms with E-state index in [0.29, 0.717) is 13.2 Å². The van der Waals surface area contributed by atoms with Gasteiger partial charge in [-0.15, -0.1) is 0 Å². The van der Waals surface area contributed by atoms with Crippen LogP contribution in [0.15, 0.2) is 84.9 Å². The van der Waals surface area contributed by atoms with Crippen molar-refractivity contribution in [1.82, 2.24) is 0 Å². The van der Waals surface area contributed by atoms with Crippen LogP contribution < -0.4 is 0 Å². The maximum absolute atomic E-state index is 5.87. The second kappa shape index (κ2) is 5.67. The molecule has 0 saturated carbocycles. The topological polar surface area (TPSA) is 9.23 Å². The number of benzene rings is 5. The van der Waals surface area contributed by atoms with Gasteiger partial charge < -0.3 is 4.74 Å². The van der Waals surface area contributed by atoms with Crippen LogP contribution >= 0.6 is 0 Å². The van der Waals surface area contributed by atoms with E-state index in [9.17, 15) is 0 Å². The zero-order chi connectivity index (χ0) is 17.8. The van der Waals surface area contributed by atoms with Crippen molar-refractivity contribution >= 4 is 32.3 Å². The normalized spacial score (nSPS) is 13.5. The van der Waals surface area contributed by atoms with Crippen LogP contribution in [0.4, 0.5) is 0 Å². The Bertz CT molecular complexity index is 1340. The summed E-state index contributed by atoms with van der Waals surface area (Å²) in [7, 11) is 0. The fraction of sp³-hybridized carbons (Fsp3) is 0.0769. The zero-order valence-corrected chi connectivity index (χ0v) is 14.9. The zero-order valence-electron chi connectivity index (χ0n) is 14.9. The van der Waals surface area contributed by atoms with Gasteiger partial charge in [-0.25, -0.2) is 0 Å². The van der Waals surface area contributed by atoms with Crippen LogP contribution in [0.3, 0.4) is 0 Å². The van der Waals surface area contributed by atoms with E-state index in [1.807, 2.05) is 0 Å². The molecule has 5 aromatic carbocycles. The van der Waals surface area contributed by atoms with Crippen LogP contribution in [0.1, 0.15) is 11.1 Å². The third kappa shape index (κ3) is 2.16. The molecule has 1 aliphatic rings. The highest BCUT2D eigenvalue weighted by atomic mass is 16.5. The second-order valence-electron chi connectivity index (χ2n) is 7.29. The van der Waals surface area contributed by atoms with E-state index in [1.165, 1.54) is 54.6 Å². The summed E-state index contributed by atoms with van der Waals surface area (Å²) in [6.45, 7) is 1.39. The lowest BCUT2D eigenvalue weighted by atomic mass is 9.87. The molecule has 1 heteroatoms. The van der Waals surface area contributed by atoms with Gasteiger partial charge in [0.2, 0.25) is 0 Å². The van der Waals surface area contributed by atoms with Crippen LogP contribution in [0.25, 0.3) is 43.4 Å². The van der Waals surface area contributed by atoms with Gasteiger partial charge in [-0.05, 0) is 60.6 Å². The van der Waals surface area contributed by atoms with Crippen molar-refractivity contribution in [2.75, 3.05) is 0 Å². The number of hydrogen-bond donors (Lipinski definition) is 0. The molecule has 0 fully saturated rings. The van der Waals surface area contributed by atoms with Gasteiger partial charge in [0.25, 0.3) is 0 Å². The van der Waals surface area contributed by atoms with Crippen LogP contribution in [0, 0.1) is 0 Å². The Hall–Kier alpha value is -3.16. The Balaban J connectivity index is 1.82. The van der Waals surface area contributed by atoms with Crippen molar-refractivity contribution in [2.24, 2.45) is 0 Å². The minimum absolute atomic E-state index is 0.691. The van der Waals surface area contributed by atoms with Gasteiger partial charge in [-0.1, -0.05) is 78.9 Å². The molecule has 0 atom stereocenters. The van der Waals surface area contributed by atoms with Crippen molar-refractivity contribution in [1.29, 1.82) is 0 Å². The number of ether oxygens (including phenoxy) is 1. The Morgan fingerprint density at radius 1 is 0.556 bits per heavy atom. The van der Waals surface area contributed by atoms with Gasteiger partial charge in [-0.3, -0.25) is 0 Å². The van der Waals surface area contributed by atoms with E-state index in [-0.39, 0.29) is 0 Å². The molecule has 0 saturated heterocycles. The molecular formula is C26H18O. The second-order valence-corrected chi connectivity index (χ2v) is 7.29. The van der Waals surface area contributed by atoms with E-state index < -0.39 is 0 Å². The van der Waals surface area contributed by atoms with E-state index in [4.69, 9.17) is 4.74 Å². The average molecular weight is 346 g/mol. The third-order valence-corrected chi connectivity index (χ3v) is 5.81. The van der Waals surface area contributed by atoms with Crippen LogP contribution in [-0.4, -0.2) is 0 Å². The summed E-state index contributed by atoms with van der Waals surface area (Å²) < 4.78 is 5.87. The summed E-state index contributed by atoms with van der Waals surface area (Å²) in [5, 5.41) is 7.81. The summed E-state index contributed by atoms with van der Waals surface area (Å²) in [5.41, 5.74) is 5.30. The fourth-order valence-electron chi connectivity index (χ4n) is 4.56. The lowest BCUT2D eigenvalue weighted by Gasteiger charge is -2.16. The Morgan fingerprint density at radius 2 is 1.30 bits per heavy atom. The lowest BCUT2D eigenvalue weighted by molar-refractivity contribution is 0.134. The Labute approximate surface area is 157 Å². The standard InChI is InChI=1S/C26H18O/c1-3-9-20-17(6-1)8-5-11-22(20)26-23-13-12-18-7-2-4-10-21(18)24(23)14-19-15-27-16-25(19)26/h1-14H,15-16H2. The first kappa shape index (κ1) is 15.0.